The van der Waals surface area contributed by atoms with Crippen molar-refractivity contribution in [2.24, 2.45) is 0 Å². The van der Waals surface area contributed by atoms with Gasteiger partial charge < -0.3 is 4.74 Å². The summed E-state index contributed by atoms with van der Waals surface area (Å²) in [7, 11) is 0. The molecule has 2 aromatic heterocycles. The zero-order chi connectivity index (χ0) is 12.5. The molecule has 6 heteroatoms. The Labute approximate surface area is 105 Å². The molecule has 1 aromatic carbocycles. The topological polar surface area (TPSA) is 35.0 Å². The number of thiophene rings is 1. The summed E-state index contributed by atoms with van der Waals surface area (Å²) in [6.07, 6.45) is 1.34. The lowest BCUT2D eigenvalue weighted by Gasteiger charge is -2.06. The number of hydrogen-bond donors (Lipinski definition) is 0. The van der Waals surface area contributed by atoms with Gasteiger partial charge in [0.05, 0.1) is 5.39 Å². The van der Waals surface area contributed by atoms with Crippen molar-refractivity contribution in [1.29, 1.82) is 0 Å². The molecule has 0 bridgehead atoms. The Bertz CT molecular complexity index is 714. The van der Waals surface area contributed by atoms with Gasteiger partial charge in [-0.15, -0.1) is 11.3 Å². The highest BCUT2D eigenvalue weighted by Crippen LogP contribution is 2.30. The predicted octanol–water partition coefficient (Wildman–Crippen LogP) is 3.76. The van der Waals surface area contributed by atoms with Crippen LogP contribution in [0.1, 0.15) is 0 Å². The Morgan fingerprint density at radius 3 is 2.83 bits per heavy atom. The molecule has 3 aromatic rings. The molecule has 90 valence electrons. The Balaban J connectivity index is 2.03. The lowest BCUT2D eigenvalue weighted by molar-refractivity contribution is 0.428. The van der Waals surface area contributed by atoms with E-state index in [4.69, 9.17) is 4.74 Å². The molecular formula is C12H6F2N2OS. The second-order valence-corrected chi connectivity index (χ2v) is 4.39. The Hall–Kier alpha value is -2.08. The van der Waals surface area contributed by atoms with E-state index in [0.29, 0.717) is 5.39 Å². The van der Waals surface area contributed by atoms with Gasteiger partial charge >= 0.3 is 0 Å². The molecule has 0 fully saturated rings. The number of aromatic nitrogens is 2. The van der Waals surface area contributed by atoms with Crippen LogP contribution in [-0.2, 0) is 0 Å². The van der Waals surface area contributed by atoms with Crippen molar-refractivity contribution in [3.63, 3.8) is 0 Å². The van der Waals surface area contributed by atoms with Crippen LogP contribution in [0.4, 0.5) is 8.78 Å². The smallest absolute Gasteiger partial charge is 0.231 e. The first-order chi connectivity index (χ1) is 8.74. The highest BCUT2D eigenvalue weighted by molar-refractivity contribution is 7.16. The third-order valence-corrected chi connectivity index (χ3v) is 3.15. The maximum Gasteiger partial charge on any atom is 0.231 e. The van der Waals surface area contributed by atoms with Gasteiger partial charge in [-0.25, -0.2) is 18.7 Å². The predicted molar refractivity (Wildman–Crippen MR) is 63.8 cm³/mol. The monoisotopic (exact) mass is 264 g/mol. The second-order valence-electron chi connectivity index (χ2n) is 3.50. The third kappa shape index (κ3) is 1.91. The first kappa shape index (κ1) is 11.0. The van der Waals surface area contributed by atoms with Crippen LogP contribution >= 0.6 is 11.3 Å². The van der Waals surface area contributed by atoms with Gasteiger partial charge in [0.15, 0.2) is 11.6 Å². The van der Waals surface area contributed by atoms with Crippen LogP contribution in [0.15, 0.2) is 36.0 Å². The van der Waals surface area contributed by atoms with Crippen LogP contribution < -0.4 is 4.74 Å². The van der Waals surface area contributed by atoms with Crippen molar-refractivity contribution in [1.82, 2.24) is 9.97 Å². The third-order valence-electron chi connectivity index (χ3n) is 2.33. The zero-order valence-corrected chi connectivity index (χ0v) is 9.75. The minimum Gasteiger partial charge on any atom is -0.435 e. The van der Waals surface area contributed by atoms with Gasteiger partial charge in [-0.3, -0.25) is 0 Å². The normalized spacial score (nSPS) is 10.8. The molecule has 0 N–H and O–H groups in total. The van der Waals surface area contributed by atoms with E-state index < -0.39 is 11.6 Å². The van der Waals surface area contributed by atoms with E-state index in [1.165, 1.54) is 23.7 Å². The van der Waals surface area contributed by atoms with Gasteiger partial charge in [0.25, 0.3) is 0 Å². The van der Waals surface area contributed by atoms with Crippen molar-refractivity contribution < 1.29 is 13.5 Å². The lowest BCUT2D eigenvalue weighted by atomic mass is 10.3. The Kier molecular flexibility index (Phi) is 2.64. The number of fused-ring (bicyclic) bond motifs is 1. The van der Waals surface area contributed by atoms with Gasteiger partial charge in [0.2, 0.25) is 5.88 Å². The molecule has 18 heavy (non-hydrogen) atoms. The van der Waals surface area contributed by atoms with Gasteiger partial charge in [-0.2, -0.15) is 0 Å². The molecule has 0 spiro atoms. The summed E-state index contributed by atoms with van der Waals surface area (Å²) in [5.41, 5.74) is 0. The maximum atomic E-state index is 13.5. The summed E-state index contributed by atoms with van der Waals surface area (Å²) in [6, 6.07) is 4.91. The fourth-order valence-electron chi connectivity index (χ4n) is 1.51. The molecule has 0 unspecified atom stereocenters. The minimum absolute atomic E-state index is 0.0670. The molecule has 0 aliphatic rings. The molecule has 0 aliphatic heterocycles. The van der Waals surface area contributed by atoms with E-state index >= 15 is 0 Å². The van der Waals surface area contributed by atoms with Crippen molar-refractivity contribution in [2.75, 3.05) is 0 Å². The molecule has 0 aliphatic carbocycles. The van der Waals surface area contributed by atoms with Crippen LogP contribution in [0, 0.1) is 11.6 Å². The molecular weight excluding hydrogens is 258 g/mol. The number of ether oxygens (including phenoxy) is 1. The minimum atomic E-state index is -0.767. The van der Waals surface area contributed by atoms with E-state index in [-0.39, 0.29) is 11.6 Å². The molecule has 2 heterocycles. The van der Waals surface area contributed by atoms with Crippen molar-refractivity contribution >= 4 is 21.6 Å². The Morgan fingerprint density at radius 2 is 2.00 bits per heavy atom. The van der Waals surface area contributed by atoms with Gasteiger partial charge in [0, 0.05) is 6.07 Å². The summed E-state index contributed by atoms with van der Waals surface area (Å²) < 4.78 is 31.6. The van der Waals surface area contributed by atoms with Gasteiger partial charge in [-0.1, -0.05) is 0 Å². The fourth-order valence-corrected chi connectivity index (χ4v) is 2.23. The summed E-state index contributed by atoms with van der Waals surface area (Å²) in [5.74, 6) is -1.23. The van der Waals surface area contributed by atoms with E-state index in [0.717, 1.165) is 17.0 Å². The summed E-state index contributed by atoms with van der Waals surface area (Å²) in [6.45, 7) is 0. The summed E-state index contributed by atoms with van der Waals surface area (Å²) >= 11 is 1.43. The highest BCUT2D eigenvalue weighted by Gasteiger charge is 2.10. The largest absolute Gasteiger partial charge is 0.435 e. The van der Waals surface area contributed by atoms with Crippen LogP contribution in [0.5, 0.6) is 11.6 Å². The molecule has 0 amide bonds. The molecule has 3 rings (SSSR count). The first-order valence-corrected chi connectivity index (χ1v) is 5.93. The van der Waals surface area contributed by atoms with E-state index in [2.05, 4.69) is 9.97 Å². The van der Waals surface area contributed by atoms with Crippen molar-refractivity contribution in [3.8, 4) is 11.6 Å². The number of halogens is 2. The molecule has 0 radical (unpaired) electrons. The number of benzene rings is 1. The number of hydrogen-bond acceptors (Lipinski definition) is 4. The quantitative estimate of drug-likeness (QED) is 0.706. The van der Waals surface area contributed by atoms with Crippen LogP contribution in [0.3, 0.4) is 0 Å². The number of nitrogens with zero attached hydrogens (tertiary/aromatic N) is 2. The molecule has 0 atom stereocenters. The van der Waals surface area contributed by atoms with Crippen molar-refractivity contribution in [2.45, 2.75) is 0 Å². The van der Waals surface area contributed by atoms with E-state index in [1.54, 1.807) is 6.07 Å². The summed E-state index contributed by atoms with van der Waals surface area (Å²) in [5, 5.41) is 2.54. The lowest BCUT2D eigenvalue weighted by Crippen LogP contribution is -1.92. The second kappa shape index (κ2) is 4.30. The van der Waals surface area contributed by atoms with Crippen LogP contribution in [0.2, 0.25) is 0 Å². The SMILES string of the molecule is Fc1ccc(Oc2ncnc3sccc23)c(F)c1. The molecule has 3 nitrogen and oxygen atoms in total. The van der Waals surface area contributed by atoms with Gasteiger partial charge in [0.1, 0.15) is 17.0 Å². The average Bonchev–Trinajstić information content (AvgIpc) is 2.82. The van der Waals surface area contributed by atoms with Crippen molar-refractivity contribution in [3.05, 3.63) is 47.6 Å². The van der Waals surface area contributed by atoms with Crippen LogP contribution in [-0.4, -0.2) is 9.97 Å². The summed E-state index contributed by atoms with van der Waals surface area (Å²) in [4.78, 5) is 8.76. The van der Waals surface area contributed by atoms with Gasteiger partial charge in [-0.05, 0) is 23.6 Å². The average molecular weight is 264 g/mol. The zero-order valence-electron chi connectivity index (χ0n) is 8.93. The fraction of sp³-hybridized carbons (Fsp3) is 0. The highest BCUT2D eigenvalue weighted by atomic mass is 32.1. The van der Waals surface area contributed by atoms with Crippen LogP contribution in [0.25, 0.3) is 10.2 Å². The maximum absolute atomic E-state index is 13.5. The molecule has 0 saturated heterocycles. The Morgan fingerprint density at radius 1 is 1.11 bits per heavy atom. The first-order valence-electron chi connectivity index (χ1n) is 5.05. The van der Waals surface area contributed by atoms with E-state index in [1.807, 2.05) is 5.38 Å². The number of rotatable bonds is 2. The standard InChI is InChI=1S/C12H6F2N2OS/c13-7-1-2-10(9(14)5-7)17-11-8-3-4-18-12(8)16-6-15-11/h1-6H. The van der Waals surface area contributed by atoms with E-state index in [9.17, 15) is 8.78 Å². The molecule has 0 saturated carbocycles.